The molecule has 2 aliphatic rings. The number of allylic oxidation sites excluding steroid dienone is 2. The van der Waals surface area contributed by atoms with E-state index < -0.39 is 0 Å². The SMILES string of the molecule is CC1(C=C2CC2)CC1. The zero-order valence-electron chi connectivity index (χ0n) is 5.41. The molecule has 8 heavy (non-hydrogen) atoms. The van der Waals surface area contributed by atoms with Crippen molar-refractivity contribution < 1.29 is 0 Å². The van der Waals surface area contributed by atoms with Gasteiger partial charge in [0.2, 0.25) is 0 Å². The Bertz CT molecular complexity index is 132. The van der Waals surface area contributed by atoms with Gasteiger partial charge < -0.3 is 0 Å². The van der Waals surface area contributed by atoms with Gasteiger partial charge in [0, 0.05) is 0 Å². The third-order valence-electron chi connectivity index (χ3n) is 2.13. The zero-order valence-corrected chi connectivity index (χ0v) is 5.41. The summed E-state index contributed by atoms with van der Waals surface area (Å²) in [7, 11) is 0. The first-order valence-corrected chi connectivity index (χ1v) is 3.49. The highest BCUT2D eigenvalue weighted by Gasteiger charge is 2.36. The normalized spacial score (nSPS) is 29.9. The molecule has 0 spiro atoms. The topological polar surface area (TPSA) is 0 Å². The monoisotopic (exact) mass is 108 g/mol. The van der Waals surface area contributed by atoms with E-state index in [2.05, 4.69) is 13.0 Å². The lowest BCUT2D eigenvalue weighted by molar-refractivity contribution is 0.745. The molecule has 0 aliphatic heterocycles. The van der Waals surface area contributed by atoms with Crippen LogP contribution in [0.3, 0.4) is 0 Å². The molecule has 2 saturated carbocycles. The largest absolute Gasteiger partial charge is 0.0794 e. The van der Waals surface area contributed by atoms with Crippen molar-refractivity contribution in [2.45, 2.75) is 32.6 Å². The van der Waals surface area contributed by atoms with Crippen LogP contribution in [0, 0.1) is 5.41 Å². The van der Waals surface area contributed by atoms with Crippen LogP contribution in [-0.4, -0.2) is 0 Å². The Hall–Kier alpha value is -0.260. The highest BCUT2D eigenvalue weighted by Crippen LogP contribution is 2.49. The van der Waals surface area contributed by atoms with Crippen LogP contribution in [0.5, 0.6) is 0 Å². The number of hydrogen-bond acceptors (Lipinski definition) is 0. The highest BCUT2D eigenvalue weighted by atomic mass is 14.4. The summed E-state index contributed by atoms with van der Waals surface area (Å²) in [5, 5.41) is 0. The van der Waals surface area contributed by atoms with Gasteiger partial charge in [0.1, 0.15) is 0 Å². The van der Waals surface area contributed by atoms with Crippen molar-refractivity contribution in [3.8, 4) is 0 Å². The van der Waals surface area contributed by atoms with Crippen molar-refractivity contribution in [1.29, 1.82) is 0 Å². The molecule has 0 heteroatoms. The van der Waals surface area contributed by atoms with Crippen LogP contribution >= 0.6 is 0 Å². The summed E-state index contributed by atoms with van der Waals surface area (Å²) >= 11 is 0. The Morgan fingerprint density at radius 2 is 2.00 bits per heavy atom. The fourth-order valence-corrected chi connectivity index (χ4v) is 1.05. The van der Waals surface area contributed by atoms with Gasteiger partial charge in [0.05, 0.1) is 0 Å². The summed E-state index contributed by atoms with van der Waals surface area (Å²) in [6.07, 6.45) is 8.17. The Kier molecular flexibility index (Phi) is 0.677. The first-order chi connectivity index (χ1) is 3.79. The van der Waals surface area contributed by atoms with E-state index in [1.54, 1.807) is 5.57 Å². The molecular weight excluding hydrogens is 96.1 g/mol. The van der Waals surface area contributed by atoms with E-state index >= 15 is 0 Å². The van der Waals surface area contributed by atoms with Gasteiger partial charge in [-0.15, -0.1) is 0 Å². The third-order valence-corrected chi connectivity index (χ3v) is 2.13. The zero-order chi connectivity index (χ0) is 5.61. The van der Waals surface area contributed by atoms with E-state index in [1.165, 1.54) is 25.7 Å². The molecule has 0 amide bonds. The van der Waals surface area contributed by atoms with Crippen molar-refractivity contribution >= 4 is 0 Å². The average Bonchev–Trinajstić information content (AvgIpc) is 2.49. The Balaban J connectivity index is 2.07. The molecule has 0 aromatic heterocycles. The lowest BCUT2D eigenvalue weighted by Gasteiger charge is -1.93. The molecule has 0 heterocycles. The first kappa shape index (κ1) is 4.60. The lowest BCUT2D eigenvalue weighted by Crippen LogP contribution is -1.82. The van der Waals surface area contributed by atoms with Gasteiger partial charge >= 0.3 is 0 Å². The minimum atomic E-state index is 0.672. The Labute approximate surface area is 50.6 Å². The molecule has 44 valence electrons. The number of hydrogen-bond donors (Lipinski definition) is 0. The van der Waals surface area contributed by atoms with Gasteiger partial charge in [0.15, 0.2) is 0 Å². The molecule has 2 rings (SSSR count). The minimum Gasteiger partial charge on any atom is -0.0794 e. The molecule has 0 bridgehead atoms. The molecule has 0 saturated heterocycles. The van der Waals surface area contributed by atoms with Crippen LogP contribution in [0.15, 0.2) is 11.6 Å². The van der Waals surface area contributed by atoms with Crippen molar-refractivity contribution in [3.05, 3.63) is 11.6 Å². The van der Waals surface area contributed by atoms with E-state index in [0.717, 1.165) is 0 Å². The molecule has 0 aromatic rings. The first-order valence-electron chi connectivity index (χ1n) is 3.49. The lowest BCUT2D eigenvalue weighted by atomic mass is 10.1. The Morgan fingerprint density at radius 1 is 1.38 bits per heavy atom. The van der Waals surface area contributed by atoms with E-state index in [1.807, 2.05) is 0 Å². The van der Waals surface area contributed by atoms with Crippen molar-refractivity contribution in [2.75, 3.05) is 0 Å². The summed E-state index contributed by atoms with van der Waals surface area (Å²) in [5.41, 5.74) is 2.39. The van der Waals surface area contributed by atoms with Crippen LogP contribution in [0.2, 0.25) is 0 Å². The predicted octanol–water partition coefficient (Wildman–Crippen LogP) is 2.51. The molecule has 0 unspecified atom stereocenters. The molecule has 0 nitrogen and oxygen atoms in total. The van der Waals surface area contributed by atoms with Gasteiger partial charge in [-0.3, -0.25) is 0 Å². The van der Waals surface area contributed by atoms with Crippen LogP contribution in [-0.2, 0) is 0 Å². The maximum Gasteiger partial charge on any atom is -0.0143 e. The van der Waals surface area contributed by atoms with Crippen molar-refractivity contribution in [2.24, 2.45) is 5.41 Å². The number of rotatable bonds is 1. The van der Waals surface area contributed by atoms with Crippen LogP contribution < -0.4 is 0 Å². The van der Waals surface area contributed by atoms with E-state index in [4.69, 9.17) is 0 Å². The molecule has 0 atom stereocenters. The van der Waals surface area contributed by atoms with E-state index in [0.29, 0.717) is 5.41 Å². The van der Waals surface area contributed by atoms with Crippen molar-refractivity contribution in [3.63, 3.8) is 0 Å². The van der Waals surface area contributed by atoms with Gasteiger partial charge in [-0.1, -0.05) is 18.6 Å². The smallest absolute Gasteiger partial charge is 0.0143 e. The van der Waals surface area contributed by atoms with Crippen LogP contribution in [0.1, 0.15) is 32.6 Å². The third kappa shape index (κ3) is 0.795. The van der Waals surface area contributed by atoms with E-state index in [-0.39, 0.29) is 0 Å². The Morgan fingerprint density at radius 3 is 2.38 bits per heavy atom. The summed E-state index contributed by atoms with van der Waals surface area (Å²) in [4.78, 5) is 0. The second kappa shape index (κ2) is 1.18. The highest BCUT2D eigenvalue weighted by molar-refractivity contribution is 5.23. The quantitative estimate of drug-likeness (QED) is 0.453. The van der Waals surface area contributed by atoms with Crippen LogP contribution in [0.4, 0.5) is 0 Å². The molecule has 0 radical (unpaired) electrons. The summed E-state index contributed by atoms with van der Waals surface area (Å²) in [5.74, 6) is 0. The average molecular weight is 108 g/mol. The van der Waals surface area contributed by atoms with Gasteiger partial charge in [-0.2, -0.15) is 0 Å². The fraction of sp³-hybridized carbons (Fsp3) is 0.750. The maximum atomic E-state index is 2.49. The molecular formula is C8H12. The van der Waals surface area contributed by atoms with Crippen LogP contribution in [0.25, 0.3) is 0 Å². The van der Waals surface area contributed by atoms with Gasteiger partial charge in [-0.25, -0.2) is 0 Å². The summed E-state index contributed by atoms with van der Waals surface area (Å²) in [6, 6.07) is 0. The summed E-state index contributed by atoms with van der Waals surface area (Å²) < 4.78 is 0. The van der Waals surface area contributed by atoms with Crippen molar-refractivity contribution in [1.82, 2.24) is 0 Å². The second-order valence-electron chi connectivity index (χ2n) is 3.46. The van der Waals surface area contributed by atoms with Gasteiger partial charge in [0.25, 0.3) is 0 Å². The fourth-order valence-electron chi connectivity index (χ4n) is 1.05. The van der Waals surface area contributed by atoms with E-state index in [9.17, 15) is 0 Å². The van der Waals surface area contributed by atoms with Gasteiger partial charge in [-0.05, 0) is 31.1 Å². The standard InChI is InChI=1S/C8H12/c1-8(4-5-8)6-7-2-3-7/h6H,2-5H2,1H3. The molecule has 2 fully saturated rings. The minimum absolute atomic E-state index is 0.672. The summed E-state index contributed by atoms with van der Waals surface area (Å²) in [6.45, 7) is 2.36. The molecule has 0 aromatic carbocycles. The molecule has 2 aliphatic carbocycles. The maximum absolute atomic E-state index is 2.49. The second-order valence-corrected chi connectivity index (χ2v) is 3.46. The molecule has 0 N–H and O–H groups in total. The predicted molar refractivity (Wildman–Crippen MR) is 34.7 cm³/mol.